The third-order valence-corrected chi connectivity index (χ3v) is 7.10. The number of hydrogen-bond acceptors (Lipinski definition) is 5. The molecule has 0 spiro atoms. The number of benzene rings is 3. The van der Waals surface area contributed by atoms with Crippen LogP contribution in [-0.2, 0) is 4.79 Å². The molecule has 7 nitrogen and oxygen atoms in total. The van der Waals surface area contributed by atoms with Crippen molar-refractivity contribution in [3.8, 4) is 17.0 Å². The van der Waals surface area contributed by atoms with Crippen LogP contribution in [0, 0.1) is 3.57 Å². The quantitative estimate of drug-likeness (QED) is 0.176. The molecule has 0 radical (unpaired) electrons. The van der Waals surface area contributed by atoms with Gasteiger partial charge < -0.3 is 25.9 Å². The Morgan fingerprint density at radius 3 is 2.54 bits per heavy atom. The van der Waals surface area contributed by atoms with E-state index in [1.54, 1.807) is 30.5 Å². The molecule has 37 heavy (non-hydrogen) atoms. The molecule has 0 bridgehead atoms. The number of aromatic nitrogens is 2. The number of amides is 1. The van der Waals surface area contributed by atoms with Crippen molar-refractivity contribution >= 4 is 40.1 Å². The van der Waals surface area contributed by atoms with Crippen LogP contribution in [0.25, 0.3) is 11.3 Å². The fraction of sp³-hybridized carbons (Fsp3) is 0.214. The summed E-state index contributed by atoms with van der Waals surface area (Å²) in [6, 6.07) is 21.3. The molecule has 0 aliphatic heterocycles. The summed E-state index contributed by atoms with van der Waals surface area (Å²) in [4.78, 5) is 21.3. The van der Waals surface area contributed by atoms with Crippen LogP contribution in [0.5, 0.6) is 5.75 Å². The molecule has 4 rings (SSSR count). The van der Waals surface area contributed by atoms with E-state index in [0.717, 1.165) is 20.4 Å². The zero-order valence-corrected chi connectivity index (χ0v) is 23.1. The molecule has 3 aromatic carbocycles. The maximum absolute atomic E-state index is 13.3. The van der Waals surface area contributed by atoms with Crippen molar-refractivity contribution in [3.05, 3.63) is 105 Å². The fourth-order valence-corrected chi connectivity index (χ4v) is 5.01. The van der Waals surface area contributed by atoms with Gasteiger partial charge >= 0.3 is 0 Å². The molecule has 192 valence electrons. The minimum absolute atomic E-state index is 0.0745. The van der Waals surface area contributed by atoms with Gasteiger partial charge in [-0.1, -0.05) is 67.1 Å². The zero-order valence-electron chi connectivity index (χ0n) is 20.2. The summed E-state index contributed by atoms with van der Waals surface area (Å²) in [7, 11) is 0. The first-order valence-corrected chi connectivity index (χ1v) is 13.3. The van der Waals surface area contributed by atoms with Gasteiger partial charge in [0.15, 0.2) is 0 Å². The molecular weight excluding hydrogens is 603 g/mol. The standard InChI is InChI=1S/C28H28ClIN4O3/c1-17(18-5-3-2-4-6-18)26(27-32-16-24(33-27)22-12-9-20(30)15-23(22)29)34-28(36)25(31)19-7-10-21(11-8-19)37-14-13-35/h2-12,15-17,25-26,35H,13-14,31H2,1H3,(H,32,33)(H,34,36)/t17-,25?,26-/m0/s1. The smallest absolute Gasteiger partial charge is 0.242 e. The monoisotopic (exact) mass is 630 g/mol. The Labute approximate surface area is 234 Å². The number of halogens is 2. The highest BCUT2D eigenvalue weighted by molar-refractivity contribution is 14.1. The summed E-state index contributed by atoms with van der Waals surface area (Å²) >= 11 is 8.70. The SMILES string of the molecule is C[C@@H](c1ccccc1)[C@H](NC(=O)C(N)c1ccc(OCCO)cc1)c1ncc(-c2ccc(I)cc2Cl)[nH]1. The lowest BCUT2D eigenvalue weighted by Crippen LogP contribution is -2.39. The second-order valence-corrected chi connectivity index (χ2v) is 10.3. The minimum atomic E-state index is -0.891. The van der Waals surface area contributed by atoms with Crippen LogP contribution in [0.4, 0.5) is 0 Å². The highest BCUT2D eigenvalue weighted by atomic mass is 127. The summed E-state index contributed by atoms with van der Waals surface area (Å²) in [5.41, 5.74) is 9.63. The first-order valence-electron chi connectivity index (χ1n) is 11.8. The lowest BCUT2D eigenvalue weighted by atomic mass is 9.92. The first-order chi connectivity index (χ1) is 17.9. The number of imidazole rings is 1. The number of nitrogens with one attached hydrogen (secondary N) is 2. The van der Waals surface area contributed by atoms with E-state index < -0.39 is 12.1 Å². The summed E-state index contributed by atoms with van der Waals surface area (Å²) in [6.45, 7) is 2.16. The van der Waals surface area contributed by atoms with Gasteiger partial charge in [-0.2, -0.15) is 0 Å². The molecule has 3 atom stereocenters. The second-order valence-electron chi connectivity index (χ2n) is 8.61. The topological polar surface area (TPSA) is 113 Å². The van der Waals surface area contributed by atoms with Crippen LogP contribution < -0.4 is 15.8 Å². The number of nitrogens with zero attached hydrogens (tertiary/aromatic N) is 1. The molecule has 5 N–H and O–H groups in total. The molecule has 9 heteroatoms. The summed E-state index contributed by atoms with van der Waals surface area (Å²) in [5.74, 6) is 0.771. The Hall–Kier alpha value is -2.92. The van der Waals surface area contributed by atoms with Gasteiger partial charge in [0.1, 0.15) is 24.2 Å². The number of H-pyrrole nitrogens is 1. The minimum Gasteiger partial charge on any atom is -0.491 e. The maximum Gasteiger partial charge on any atom is 0.242 e. The molecule has 4 aromatic rings. The number of carbonyl (C=O) groups is 1. The largest absolute Gasteiger partial charge is 0.491 e. The van der Waals surface area contributed by atoms with Crippen LogP contribution in [-0.4, -0.2) is 34.2 Å². The Kier molecular flexibility index (Phi) is 9.20. The maximum atomic E-state index is 13.3. The third kappa shape index (κ3) is 6.70. The van der Waals surface area contributed by atoms with Gasteiger partial charge in [-0.25, -0.2) is 4.98 Å². The Morgan fingerprint density at radius 1 is 1.14 bits per heavy atom. The number of aliphatic hydroxyl groups is 1. The van der Waals surface area contributed by atoms with Crippen molar-refractivity contribution in [2.24, 2.45) is 5.73 Å². The van der Waals surface area contributed by atoms with E-state index >= 15 is 0 Å². The Balaban J connectivity index is 1.59. The van der Waals surface area contributed by atoms with Crippen molar-refractivity contribution in [3.63, 3.8) is 0 Å². The first kappa shape index (κ1) is 27.1. The van der Waals surface area contributed by atoms with E-state index in [4.69, 9.17) is 27.2 Å². The molecule has 0 saturated heterocycles. The van der Waals surface area contributed by atoms with Crippen molar-refractivity contribution in [2.45, 2.75) is 24.9 Å². The molecule has 1 unspecified atom stereocenters. The summed E-state index contributed by atoms with van der Waals surface area (Å²) in [6.07, 6.45) is 1.73. The van der Waals surface area contributed by atoms with Crippen LogP contribution in [0.3, 0.4) is 0 Å². The Bertz CT molecular complexity index is 1330. The molecule has 0 fully saturated rings. The molecule has 1 amide bonds. The van der Waals surface area contributed by atoms with Crippen molar-refractivity contribution < 1.29 is 14.6 Å². The van der Waals surface area contributed by atoms with Crippen molar-refractivity contribution in [1.29, 1.82) is 0 Å². The van der Waals surface area contributed by atoms with Crippen molar-refractivity contribution in [2.75, 3.05) is 13.2 Å². The van der Waals surface area contributed by atoms with Gasteiger partial charge in [-0.05, 0) is 58.0 Å². The van der Waals surface area contributed by atoms with Gasteiger partial charge in [-0.3, -0.25) is 4.79 Å². The number of nitrogens with two attached hydrogens (primary N) is 1. The van der Waals surface area contributed by atoms with E-state index in [2.05, 4.69) is 37.9 Å². The molecule has 1 aromatic heterocycles. The normalized spacial score (nSPS) is 13.5. The molecule has 0 aliphatic carbocycles. The molecular formula is C28H28ClIN4O3. The number of ether oxygens (including phenoxy) is 1. The predicted octanol–water partition coefficient (Wildman–Crippen LogP) is 5.37. The lowest BCUT2D eigenvalue weighted by molar-refractivity contribution is -0.123. The van der Waals surface area contributed by atoms with Gasteiger partial charge in [0.2, 0.25) is 5.91 Å². The Morgan fingerprint density at radius 2 is 1.86 bits per heavy atom. The fourth-order valence-electron chi connectivity index (χ4n) is 4.05. The number of carbonyl (C=O) groups excluding carboxylic acids is 1. The van der Waals surface area contributed by atoms with E-state index in [9.17, 15) is 4.79 Å². The summed E-state index contributed by atoms with van der Waals surface area (Å²) < 4.78 is 6.43. The van der Waals surface area contributed by atoms with Crippen LogP contribution in [0.15, 0.2) is 79.0 Å². The van der Waals surface area contributed by atoms with Crippen LogP contribution >= 0.6 is 34.2 Å². The van der Waals surface area contributed by atoms with Gasteiger partial charge in [0, 0.05) is 15.1 Å². The summed E-state index contributed by atoms with van der Waals surface area (Å²) in [5, 5.41) is 12.7. The van der Waals surface area contributed by atoms with Crippen LogP contribution in [0.2, 0.25) is 5.02 Å². The zero-order chi connectivity index (χ0) is 26.4. The highest BCUT2D eigenvalue weighted by Crippen LogP contribution is 2.33. The van der Waals surface area contributed by atoms with E-state index in [-0.39, 0.29) is 25.0 Å². The average Bonchev–Trinajstić information content (AvgIpc) is 3.40. The second kappa shape index (κ2) is 12.6. The third-order valence-electron chi connectivity index (χ3n) is 6.12. The van der Waals surface area contributed by atoms with Crippen LogP contribution in [0.1, 0.15) is 41.9 Å². The molecule has 0 aliphatic rings. The molecule has 1 heterocycles. The number of rotatable bonds is 10. The number of aromatic amines is 1. The van der Waals surface area contributed by atoms with Gasteiger partial charge in [0.05, 0.1) is 29.6 Å². The van der Waals surface area contributed by atoms with E-state index in [1.807, 2.05) is 55.5 Å². The average molecular weight is 631 g/mol. The lowest BCUT2D eigenvalue weighted by Gasteiger charge is -2.25. The predicted molar refractivity (Wildman–Crippen MR) is 153 cm³/mol. The molecule has 0 saturated carbocycles. The van der Waals surface area contributed by atoms with Gasteiger partial charge in [-0.15, -0.1) is 0 Å². The number of aliphatic hydroxyl groups excluding tert-OH is 1. The highest BCUT2D eigenvalue weighted by Gasteiger charge is 2.28. The van der Waals surface area contributed by atoms with E-state index in [0.29, 0.717) is 22.2 Å². The number of hydrogen-bond donors (Lipinski definition) is 4. The van der Waals surface area contributed by atoms with E-state index in [1.165, 1.54) is 0 Å². The van der Waals surface area contributed by atoms with Gasteiger partial charge in [0.25, 0.3) is 0 Å². The van der Waals surface area contributed by atoms with Crippen molar-refractivity contribution in [1.82, 2.24) is 15.3 Å².